The summed E-state index contributed by atoms with van der Waals surface area (Å²) in [6.07, 6.45) is 19.2. The average molecular weight is 513 g/mol. The highest BCUT2D eigenvalue weighted by atomic mass is 16.1. The summed E-state index contributed by atoms with van der Waals surface area (Å²) >= 11 is 0. The van der Waals surface area contributed by atoms with Crippen LogP contribution in [-0.2, 0) is 17.6 Å². The second-order valence-electron chi connectivity index (χ2n) is 11.2. The molecule has 0 bridgehead atoms. The number of allylic oxidation sites excluding steroid dienone is 3. The molecule has 0 radical (unpaired) electrons. The largest absolute Gasteiger partial charge is 0.295 e. The summed E-state index contributed by atoms with van der Waals surface area (Å²) in [5.74, 6) is 2.11. The number of carbonyl (C=O) groups is 2. The van der Waals surface area contributed by atoms with Crippen LogP contribution in [0.2, 0.25) is 0 Å². The molecular weight excluding hydrogens is 464 g/mol. The maximum absolute atomic E-state index is 13.0. The maximum atomic E-state index is 13.0. The zero-order chi connectivity index (χ0) is 27.3. The molecule has 3 rings (SSSR count). The fourth-order valence-electron chi connectivity index (χ4n) is 6.13. The highest BCUT2D eigenvalue weighted by Crippen LogP contribution is 2.38. The molecule has 1 unspecified atom stereocenters. The second kappa shape index (κ2) is 15.6. The SMILES string of the molecule is C/C=C\c1cc(C(=O)CCCC(CCC)C2CCC(C(=O)/C=C\Cc3ccc(C)cc3)CC2)ccc1CC. The van der Waals surface area contributed by atoms with Crippen molar-refractivity contribution in [2.45, 2.75) is 98.3 Å². The Labute approximate surface area is 231 Å². The smallest absolute Gasteiger partial charge is 0.162 e. The first-order chi connectivity index (χ1) is 18.4. The van der Waals surface area contributed by atoms with Gasteiger partial charge in [0.1, 0.15) is 0 Å². The van der Waals surface area contributed by atoms with Gasteiger partial charge in [-0.2, -0.15) is 0 Å². The van der Waals surface area contributed by atoms with E-state index in [4.69, 9.17) is 0 Å². The molecule has 0 N–H and O–H groups in total. The topological polar surface area (TPSA) is 34.1 Å². The van der Waals surface area contributed by atoms with E-state index < -0.39 is 0 Å². The van der Waals surface area contributed by atoms with E-state index in [1.165, 1.54) is 35.1 Å². The van der Waals surface area contributed by atoms with Gasteiger partial charge in [-0.1, -0.05) is 86.9 Å². The maximum Gasteiger partial charge on any atom is 0.162 e. The molecule has 1 saturated carbocycles. The minimum atomic E-state index is 0.182. The lowest BCUT2D eigenvalue weighted by atomic mass is 9.72. The molecule has 2 aromatic carbocycles. The highest BCUT2D eigenvalue weighted by molar-refractivity contribution is 5.96. The van der Waals surface area contributed by atoms with Crippen LogP contribution in [-0.4, -0.2) is 11.6 Å². The van der Waals surface area contributed by atoms with Crippen LogP contribution in [0.1, 0.15) is 111 Å². The monoisotopic (exact) mass is 512 g/mol. The zero-order valence-corrected chi connectivity index (χ0v) is 24.2. The van der Waals surface area contributed by atoms with Crippen molar-refractivity contribution in [2.24, 2.45) is 17.8 Å². The molecule has 0 amide bonds. The molecule has 0 saturated heterocycles. The van der Waals surface area contributed by atoms with Gasteiger partial charge in [0.25, 0.3) is 0 Å². The van der Waals surface area contributed by atoms with Gasteiger partial charge in [0.15, 0.2) is 11.6 Å². The van der Waals surface area contributed by atoms with Crippen LogP contribution in [0.15, 0.2) is 60.7 Å². The quantitative estimate of drug-likeness (QED) is 0.186. The van der Waals surface area contributed by atoms with Gasteiger partial charge in [0, 0.05) is 17.9 Å². The van der Waals surface area contributed by atoms with Crippen molar-refractivity contribution in [3.05, 3.63) is 88.5 Å². The molecule has 0 heterocycles. The lowest BCUT2D eigenvalue weighted by Crippen LogP contribution is -2.25. The van der Waals surface area contributed by atoms with Crippen LogP contribution in [0.5, 0.6) is 0 Å². The summed E-state index contributed by atoms with van der Waals surface area (Å²) in [5.41, 5.74) is 5.82. The Morgan fingerprint density at radius 2 is 1.71 bits per heavy atom. The van der Waals surface area contributed by atoms with Crippen molar-refractivity contribution in [2.75, 3.05) is 0 Å². The van der Waals surface area contributed by atoms with E-state index in [9.17, 15) is 9.59 Å². The Morgan fingerprint density at radius 1 is 0.974 bits per heavy atom. The van der Waals surface area contributed by atoms with E-state index in [1.54, 1.807) is 0 Å². The van der Waals surface area contributed by atoms with Gasteiger partial charge in [-0.15, -0.1) is 0 Å². The van der Waals surface area contributed by atoms with Crippen molar-refractivity contribution in [3.8, 4) is 0 Å². The molecule has 1 aliphatic rings. The Hall–Kier alpha value is -2.74. The van der Waals surface area contributed by atoms with Crippen molar-refractivity contribution in [3.63, 3.8) is 0 Å². The van der Waals surface area contributed by atoms with E-state index in [0.717, 1.165) is 56.9 Å². The molecule has 1 atom stereocenters. The van der Waals surface area contributed by atoms with Crippen molar-refractivity contribution < 1.29 is 9.59 Å². The van der Waals surface area contributed by atoms with Crippen molar-refractivity contribution in [1.82, 2.24) is 0 Å². The molecule has 0 spiro atoms. The number of ketones is 2. The standard InChI is InChI=1S/C36H48O2/c1-5-10-30(13-9-15-36(38)34-25-20-29(7-3)33(26-34)11-6-2)31-21-23-32(24-22-31)35(37)14-8-12-28-18-16-27(4)17-19-28/h6,8,11,14,16-20,25-26,30-32H,5,7,9-10,12-13,15,21-24H2,1-4H3/b11-6-,14-8-. The third-order valence-corrected chi connectivity index (χ3v) is 8.43. The van der Waals surface area contributed by atoms with Crippen LogP contribution < -0.4 is 0 Å². The van der Waals surface area contributed by atoms with Gasteiger partial charge in [-0.3, -0.25) is 9.59 Å². The summed E-state index contributed by atoms with van der Waals surface area (Å²) < 4.78 is 0. The summed E-state index contributed by atoms with van der Waals surface area (Å²) in [6, 6.07) is 14.7. The minimum absolute atomic E-state index is 0.182. The first kappa shape index (κ1) is 29.8. The van der Waals surface area contributed by atoms with Gasteiger partial charge in [-0.05, 0) is 106 Å². The lowest BCUT2D eigenvalue weighted by molar-refractivity contribution is -0.119. The predicted octanol–water partition coefficient (Wildman–Crippen LogP) is 9.53. The van der Waals surface area contributed by atoms with Gasteiger partial charge in [-0.25, -0.2) is 0 Å². The number of Topliss-reactive ketones (excluding diaryl/α,β-unsaturated/α-hetero) is 1. The third kappa shape index (κ3) is 8.93. The number of hydrogen-bond donors (Lipinski definition) is 0. The fraction of sp³-hybridized carbons (Fsp3) is 0.500. The number of carbonyl (C=O) groups excluding carboxylic acids is 2. The summed E-state index contributed by atoms with van der Waals surface area (Å²) in [4.78, 5) is 25.8. The summed E-state index contributed by atoms with van der Waals surface area (Å²) in [5, 5.41) is 0. The molecule has 38 heavy (non-hydrogen) atoms. The molecule has 2 heteroatoms. The molecule has 0 aliphatic heterocycles. The Bertz CT molecular complexity index is 1080. The third-order valence-electron chi connectivity index (χ3n) is 8.43. The lowest BCUT2D eigenvalue weighted by Gasteiger charge is -2.33. The van der Waals surface area contributed by atoms with Gasteiger partial charge in [0.2, 0.25) is 0 Å². The van der Waals surface area contributed by atoms with Crippen LogP contribution in [0, 0.1) is 24.7 Å². The number of hydrogen-bond acceptors (Lipinski definition) is 2. The van der Waals surface area contributed by atoms with E-state index in [2.05, 4.69) is 63.2 Å². The van der Waals surface area contributed by atoms with E-state index in [0.29, 0.717) is 24.0 Å². The van der Waals surface area contributed by atoms with Gasteiger partial charge >= 0.3 is 0 Å². The zero-order valence-electron chi connectivity index (χ0n) is 24.2. The van der Waals surface area contributed by atoms with E-state index >= 15 is 0 Å². The summed E-state index contributed by atoms with van der Waals surface area (Å²) in [7, 11) is 0. The summed E-state index contributed by atoms with van der Waals surface area (Å²) in [6.45, 7) is 8.54. The van der Waals surface area contributed by atoms with Crippen LogP contribution >= 0.6 is 0 Å². The Kier molecular flexibility index (Phi) is 12.3. The number of rotatable bonds is 14. The minimum Gasteiger partial charge on any atom is -0.295 e. The molecule has 0 aromatic heterocycles. The molecule has 2 nitrogen and oxygen atoms in total. The fourth-order valence-corrected chi connectivity index (χ4v) is 6.13. The van der Waals surface area contributed by atoms with Crippen LogP contribution in [0.3, 0.4) is 0 Å². The Morgan fingerprint density at radius 3 is 2.37 bits per heavy atom. The molecule has 204 valence electrons. The number of benzene rings is 2. The van der Waals surface area contributed by atoms with Crippen LogP contribution in [0.4, 0.5) is 0 Å². The van der Waals surface area contributed by atoms with Gasteiger partial charge < -0.3 is 0 Å². The van der Waals surface area contributed by atoms with Crippen molar-refractivity contribution >= 4 is 17.6 Å². The van der Waals surface area contributed by atoms with E-state index in [1.807, 2.05) is 31.2 Å². The Balaban J connectivity index is 1.46. The predicted molar refractivity (Wildman–Crippen MR) is 162 cm³/mol. The first-order valence-corrected chi connectivity index (χ1v) is 15.0. The molecular formula is C36H48O2. The highest BCUT2D eigenvalue weighted by Gasteiger charge is 2.29. The molecule has 1 aliphatic carbocycles. The van der Waals surface area contributed by atoms with Crippen molar-refractivity contribution in [1.29, 1.82) is 0 Å². The number of aryl methyl sites for hydroxylation is 2. The van der Waals surface area contributed by atoms with Gasteiger partial charge in [0.05, 0.1) is 0 Å². The molecule has 1 fully saturated rings. The van der Waals surface area contributed by atoms with E-state index in [-0.39, 0.29) is 11.7 Å². The normalized spacial score (nSPS) is 18.7. The average Bonchev–Trinajstić information content (AvgIpc) is 2.93. The van der Waals surface area contributed by atoms with Crippen LogP contribution in [0.25, 0.3) is 6.08 Å². The second-order valence-corrected chi connectivity index (χ2v) is 11.2. The molecule has 2 aromatic rings. The first-order valence-electron chi connectivity index (χ1n) is 15.0.